The molecule has 0 saturated heterocycles. The molecule has 112 valence electrons. The van der Waals surface area contributed by atoms with Gasteiger partial charge in [-0.2, -0.15) is 8.78 Å². The summed E-state index contributed by atoms with van der Waals surface area (Å²) >= 11 is 0. The van der Waals surface area contributed by atoms with Gasteiger partial charge >= 0.3 is 12.6 Å². The number of sulfonamides is 1. The van der Waals surface area contributed by atoms with Gasteiger partial charge in [-0.15, -0.1) is 0 Å². The molecule has 0 atom stereocenters. The van der Waals surface area contributed by atoms with E-state index < -0.39 is 38.8 Å². The first-order chi connectivity index (χ1) is 9.27. The van der Waals surface area contributed by atoms with Crippen molar-refractivity contribution in [2.24, 2.45) is 5.14 Å². The van der Waals surface area contributed by atoms with Crippen molar-refractivity contribution in [2.75, 3.05) is 6.61 Å². The van der Waals surface area contributed by atoms with Crippen molar-refractivity contribution < 1.29 is 31.5 Å². The number of hydrogen-bond donors (Lipinski definition) is 1. The first-order valence-electron chi connectivity index (χ1n) is 5.55. The summed E-state index contributed by atoms with van der Waals surface area (Å²) in [4.78, 5) is 10.9. The SMILES string of the molecule is CCCOC(=O)c1cccc(OC(F)F)c1S(N)(=O)=O. The Kier molecular flexibility index (Phi) is 5.40. The summed E-state index contributed by atoms with van der Waals surface area (Å²) in [5.74, 6) is -1.68. The lowest BCUT2D eigenvalue weighted by atomic mass is 10.2. The average Bonchev–Trinajstić information content (AvgIpc) is 2.33. The molecule has 0 fully saturated rings. The van der Waals surface area contributed by atoms with Gasteiger partial charge in [-0.1, -0.05) is 13.0 Å². The molecule has 0 radical (unpaired) electrons. The van der Waals surface area contributed by atoms with E-state index in [1.54, 1.807) is 6.92 Å². The number of nitrogens with two attached hydrogens (primary N) is 1. The molecule has 0 saturated carbocycles. The van der Waals surface area contributed by atoms with E-state index in [-0.39, 0.29) is 6.61 Å². The molecule has 0 aliphatic heterocycles. The molecular weight excluding hydrogens is 296 g/mol. The lowest BCUT2D eigenvalue weighted by molar-refractivity contribution is -0.0518. The zero-order chi connectivity index (χ0) is 15.3. The molecule has 0 heterocycles. The summed E-state index contributed by atoms with van der Waals surface area (Å²) < 4.78 is 56.3. The van der Waals surface area contributed by atoms with Crippen molar-refractivity contribution >= 4 is 16.0 Å². The summed E-state index contributed by atoms with van der Waals surface area (Å²) in [6.07, 6.45) is 0.518. The highest BCUT2D eigenvalue weighted by molar-refractivity contribution is 7.89. The van der Waals surface area contributed by atoms with Crippen LogP contribution in [0.3, 0.4) is 0 Å². The number of ether oxygens (including phenoxy) is 2. The number of esters is 1. The van der Waals surface area contributed by atoms with Gasteiger partial charge in [0.25, 0.3) is 0 Å². The molecule has 0 aliphatic carbocycles. The van der Waals surface area contributed by atoms with E-state index in [0.29, 0.717) is 6.42 Å². The number of halogens is 2. The minimum absolute atomic E-state index is 0.0584. The molecule has 1 aromatic rings. The standard InChI is InChI=1S/C11H13F2NO5S/c1-2-6-18-10(15)7-4-3-5-8(19-11(12)13)9(7)20(14,16)17/h3-5,11H,2,6H2,1H3,(H2,14,16,17). The normalized spacial score (nSPS) is 11.4. The second-order valence-corrected chi connectivity index (χ2v) is 5.19. The Bertz CT molecular complexity index is 588. The molecule has 1 rings (SSSR count). The Labute approximate surface area is 114 Å². The van der Waals surface area contributed by atoms with E-state index in [4.69, 9.17) is 9.88 Å². The number of alkyl halides is 2. The minimum Gasteiger partial charge on any atom is -0.462 e. The first kappa shape index (κ1) is 16.3. The van der Waals surface area contributed by atoms with Gasteiger partial charge in [0, 0.05) is 0 Å². The maximum Gasteiger partial charge on any atom is 0.387 e. The van der Waals surface area contributed by atoms with Crippen LogP contribution in [0, 0.1) is 0 Å². The maximum absolute atomic E-state index is 12.3. The first-order valence-corrected chi connectivity index (χ1v) is 7.09. The summed E-state index contributed by atoms with van der Waals surface area (Å²) in [7, 11) is -4.44. The molecule has 0 bridgehead atoms. The average molecular weight is 309 g/mol. The van der Waals surface area contributed by atoms with Crippen molar-refractivity contribution in [3.05, 3.63) is 23.8 Å². The summed E-state index contributed by atoms with van der Waals surface area (Å²) in [6, 6.07) is 3.27. The fourth-order valence-corrected chi connectivity index (χ4v) is 2.29. The molecule has 2 N–H and O–H groups in total. The van der Waals surface area contributed by atoms with Crippen LogP contribution in [-0.2, 0) is 14.8 Å². The van der Waals surface area contributed by atoms with Crippen LogP contribution < -0.4 is 9.88 Å². The third-order valence-electron chi connectivity index (χ3n) is 2.14. The second kappa shape index (κ2) is 6.62. The highest BCUT2D eigenvalue weighted by atomic mass is 32.2. The monoisotopic (exact) mass is 309 g/mol. The molecule has 20 heavy (non-hydrogen) atoms. The molecule has 0 aromatic heterocycles. The van der Waals surface area contributed by atoms with E-state index in [2.05, 4.69) is 4.74 Å². The van der Waals surface area contributed by atoms with Gasteiger partial charge in [0.2, 0.25) is 10.0 Å². The highest BCUT2D eigenvalue weighted by Gasteiger charge is 2.26. The molecule has 0 unspecified atom stereocenters. The number of rotatable bonds is 6. The van der Waals surface area contributed by atoms with Crippen LogP contribution in [0.1, 0.15) is 23.7 Å². The Morgan fingerprint density at radius 1 is 1.40 bits per heavy atom. The van der Waals surface area contributed by atoms with Crippen LogP contribution in [0.5, 0.6) is 5.75 Å². The van der Waals surface area contributed by atoms with Crippen molar-refractivity contribution in [1.29, 1.82) is 0 Å². The number of benzene rings is 1. The van der Waals surface area contributed by atoms with Gasteiger partial charge in [-0.05, 0) is 18.6 Å². The fraction of sp³-hybridized carbons (Fsp3) is 0.364. The number of primary sulfonamides is 1. The van der Waals surface area contributed by atoms with Crippen molar-refractivity contribution in [3.8, 4) is 5.75 Å². The number of hydrogen-bond acceptors (Lipinski definition) is 5. The zero-order valence-corrected chi connectivity index (χ0v) is 11.3. The van der Waals surface area contributed by atoms with E-state index >= 15 is 0 Å². The summed E-state index contributed by atoms with van der Waals surface area (Å²) in [5.41, 5.74) is -0.445. The van der Waals surface area contributed by atoms with Gasteiger partial charge < -0.3 is 9.47 Å². The molecule has 1 aromatic carbocycles. The highest BCUT2D eigenvalue weighted by Crippen LogP contribution is 2.28. The second-order valence-electron chi connectivity index (χ2n) is 3.69. The van der Waals surface area contributed by atoms with Crippen LogP contribution in [-0.4, -0.2) is 27.6 Å². The summed E-state index contributed by atoms with van der Waals surface area (Å²) in [5, 5.41) is 4.94. The topological polar surface area (TPSA) is 95.7 Å². The van der Waals surface area contributed by atoms with Gasteiger partial charge in [0.05, 0.1) is 12.2 Å². The quantitative estimate of drug-likeness (QED) is 0.803. The zero-order valence-electron chi connectivity index (χ0n) is 10.5. The Morgan fingerprint density at radius 3 is 2.55 bits per heavy atom. The molecule has 0 spiro atoms. The van der Waals surface area contributed by atoms with E-state index in [1.165, 1.54) is 6.07 Å². The Hall–Kier alpha value is -1.74. The molecule has 9 heteroatoms. The fourth-order valence-electron chi connectivity index (χ4n) is 1.43. The van der Waals surface area contributed by atoms with Gasteiger partial charge in [0.1, 0.15) is 10.6 Å². The van der Waals surface area contributed by atoms with E-state index in [0.717, 1.165) is 12.1 Å². The minimum atomic E-state index is -4.44. The van der Waals surface area contributed by atoms with Crippen LogP contribution in [0.25, 0.3) is 0 Å². The van der Waals surface area contributed by atoms with Crippen LogP contribution in [0.4, 0.5) is 8.78 Å². The third kappa shape index (κ3) is 4.14. The number of carbonyl (C=O) groups is 1. The molecule has 0 amide bonds. The van der Waals surface area contributed by atoms with E-state index in [9.17, 15) is 22.0 Å². The van der Waals surface area contributed by atoms with Gasteiger partial charge in [-0.3, -0.25) is 0 Å². The smallest absolute Gasteiger partial charge is 0.387 e. The summed E-state index contributed by atoms with van der Waals surface area (Å²) in [6.45, 7) is -1.45. The maximum atomic E-state index is 12.3. The Balaban J connectivity index is 3.34. The predicted octanol–water partition coefficient (Wildman–Crippen LogP) is 1.50. The van der Waals surface area contributed by atoms with Crippen LogP contribution >= 0.6 is 0 Å². The largest absolute Gasteiger partial charge is 0.462 e. The van der Waals surface area contributed by atoms with E-state index in [1.807, 2.05) is 0 Å². The third-order valence-corrected chi connectivity index (χ3v) is 3.13. The predicted molar refractivity (Wildman–Crippen MR) is 65.0 cm³/mol. The lowest BCUT2D eigenvalue weighted by Crippen LogP contribution is -2.20. The molecule has 6 nitrogen and oxygen atoms in total. The Morgan fingerprint density at radius 2 is 2.05 bits per heavy atom. The van der Waals surface area contributed by atoms with Crippen LogP contribution in [0.15, 0.2) is 23.1 Å². The molecule has 0 aliphatic rings. The van der Waals surface area contributed by atoms with Gasteiger partial charge in [-0.25, -0.2) is 18.4 Å². The van der Waals surface area contributed by atoms with Crippen molar-refractivity contribution in [2.45, 2.75) is 24.9 Å². The van der Waals surface area contributed by atoms with Crippen molar-refractivity contribution in [3.63, 3.8) is 0 Å². The lowest BCUT2D eigenvalue weighted by Gasteiger charge is -2.12. The van der Waals surface area contributed by atoms with Gasteiger partial charge in [0.15, 0.2) is 0 Å². The molecular formula is C11H13F2NO5S. The van der Waals surface area contributed by atoms with Crippen molar-refractivity contribution in [1.82, 2.24) is 0 Å². The number of carbonyl (C=O) groups excluding carboxylic acids is 1. The van der Waals surface area contributed by atoms with Crippen LogP contribution in [0.2, 0.25) is 0 Å².